The maximum Gasteiger partial charge on any atom is 0.252 e. The summed E-state index contributed by atoms with van der Waals surface area (Å²) in [5, 5.41) is 6.70. The van der Waals surface area contributed by atoms with Gasteiger partial charge in [-0.05, 0) is 25.3 Å². The van der Waals surface area contributed by atoms with Crippen LogP contribution < -0.4 is 5.32 Å². The predicted molar refractivity (Wildman–Crippen MR) is 85.5 cm³/mol. The van der Waals surface area contributed by atoms with Crippen LogP contribution in [0.3, 0.4) is 0 Å². The zero-order valence-corrected chi connectivity index (χ0v) is 13.2. The Balaban J connectivity index is 1.82. The van der Waals surface area contributed by atoms with Gasteiger partial charge in [-0.15, -0.1) is 0 Å². The quantitative estimate of drug-likeness (QED) is 0.927. The van der Waals surface area contributed by atoms with Crippen LogP contribution in [0.4, 0.5) is 0 Å². The van der Waals surface area contributed by atoms with E-state index in [2.05, 4.69) is 10.5 Å². The van der Waals surface area contributed by atoms with Gasteiger partial charge in [-0.3, -0.25) is 9.59 Å². The van der Waals surface area contributed by atoms with Crippen LogP contribution in [0.5, 0.6) is 0 Å². The molecule has 2 amide bonds. The molecule has 1 aromatic carbocycles. The Hall–Kier alpha value is -2.37. The molecule has 0 unspecified atom stereocenters. The van der Waals surface area contributed by atoms with E-state index in [1.807, 2.05) is 37.3 Å². The molecule has 2 aliphatic rings. The molecule has 2 aliphatic heterocycles. The van der Waals surface area contributed by atoms with Crippen molar-refractivity contribution in [3.8, 4) is 0 Å². The third kappa shape index (κ3) is 3.52. The lowest BCUT2D eigenvalue weighted by molar-refractivity contribution is -0.142. The van der Waals surface area contributed by atoms with E-state index in [1.54, 1.807) is 4.90 Å². The van der Waals surface area contributed by atoms with Crippen LogP contribution in [0, 0.1) is 0 Å². The van der Waals surface area contributed by atoms with E-state index in [-0.39, 0.29) is 17.9 Å². The van der Waals surface area contributed by atoms with Crippen LogP contribution in [0.25, 0.3) is 0 Å². The van der Waals surface area contributed by atoms with Gasteiger partial charge in [0, 0.05) is 19.4 Å². The fourth-order valence-electron chi connectivity index (χ4n) is 2.99. The van der Waals surface area contributed by atoms with Gasteiger partial charge in [-0.1, -0.05) is 35.5 Å². The normalized spacial score (nSPS) is 22.3. The summed E-state index contributed by atoms with van der Waals surface area (Å²) in [6.07, 6.45) is 2.84. The van der Waals surface area contributed by atoms with Crippen LogP contribution in [-0.4, -0.2) is 35.2 Å². The fraction of sp³-hybridized carbons (Fsp3) is 0.471. The van der Waals surface area contributed by atoms with E-state index in [9.17, 15) is 9.59 Å². The summed E-state index contributed by atoms with van der Waals surface area (Å²) < 4.78 is 0. The van der Waals surface area contributed by atoms with Crippen LogP contribution >= 0.6 is 0 Å². The number of nitrogens with one attached hydrogen (secondary N) is 1. The van der Waals surface area contributed by atoms with Gasteiger partial charge in [0.15, 0.2) is 5.84 Å². The molecule has 0 aromatic heterocycles. The summed E-state index contributed by atoms with van der Waals surface area (Å²) in [4.78, 5) is 31.9. The summed E-state index contributed by atoms with van der Waals surface area (Å²) in [7, 11) is 0. The average Bonchev–Trinajstić information content (AvgIpc) is 2.95. The average molecular weight is 315 g/mol. The van der Waals surface area contributed by atoms with E-state index >= 15 is 0 Å². The Bertz CT molecular complexity index is 615. The largest absolute Gasteiger partial charge is 0.391 e. The number of amidine groups is 1. The summed E-state index contributed by atoms with van der Waals surface area (Å²) in [6.45, 7) is 2.50. The number of carbonyl (C=O) groups excluding carboxylic acids is 2. The third-order valence-corrected chi connectivity index (χ3v) is 4.13. The molecule has 0 radical (unpaired) electrons. The van der Waals surface area contributed by atoms with E-state index in [0.29, 0.717) is 25.2 Å². The lowest BCUT2D eigenvalue weighted by atomic mass is 10.0. The van der Waals surface area contributed by atoms with E-state index in [1.165, 1.54) is 0 Å². The molecule has 1 saturated heterocycles. The number of oxime groups is 1. The second-order valence-electron chi connectivity index (χ2n) is 6.00. The minimum atomic E-state index is -0.623. The molecule has 3 rings (SSSR count). The van der Waals surface area contributed by atoms with Crippen LogP contribution in [0.15, 0.2) is 35.5 Å². The number of hydrogen-bond donors (Lipinski definition) is 1. The first kappa shape index (κ1) is 15.5. The topological polar surface area (TPSA) is 71.0 Å². The molecule has 1 aromatic rings. The monoisotopic (exact) mass is 315 g/mol. The van der Waals surface area contributed by atoms with Gasteiger partial charge in [-0.2, -0.15) is 0 Å². The number of piperidine rings is 1. The number of hydrogen-bond acceptors (Lipinski definition) is 4. The smallest absolute Gasteiger partial charge is 0.252 e. The predicted octanol–water partition coefficient (Wildman–Crippen LogP) is 1.98. The molecule has 1 fully saturated rings. The number of likely N-dealkylation sites (tertiary alicyclic amines) is 1. The number of amides is 2. The van der Waals surface area contributed by atoms with Crippen molar-refractivity contribution in [2.75, 3.05) is 6.54 Å². The molecule has 1 N–H and O–H groups in total. The Labute approximate surface area is 135 Å². The second-order valence-corrected chi connectivity index (χ2v) is 6.00. The molecular weight excluding hydrogens is 294 g/mol. The van der Waals surface area contributed by atoms with E-state index < -0.39 is 6.04 Å². The summed E-state index contributed by atoms with van der Waals surface area (Å²) >= 11 is 0. The molecule has 6 heteroatoms. The van der Waals surface area contributed by atoms with Gasteiger partial charge in [-0.25, -0.2) is 0 Å². The Kier molecular flexibility index (Phi) is 4.60. The third-order valence-electron chi connectivity index (χ3n) is 4.13. The number of nitrogens with zero attached hydrogens (tertiary/aromatic N) is 2. The van der Waals surface area contributed by atoms with Crippen molar-refractivity contribution in [1.29, 1.82) is 0 Å². The highest BCUT2D eigenvalue weighted by atomic mass is 16.6. The highest BCUT2D eigenvalue weighted by Gasteiger charge is 2.33. The lowest BCUT2D eigenvalue weighted by Crippen LogP contribution is -2.47. The molecule has 0 saturated carbocycles. The Morgan fingerprint density at radius 3 is 2.78 bits per heavy atom. The zero-order chi connectivity index (χ0) is 16.2. The van der Waals surface area contributed by atoms with Gasteiger partial charge in [0.1, 0.15) is 12.1 Å². The summed E-state index contributed by atoms with van der Waals surface area (Å²) in [5.74, 6) is 0.314. The number of benzene rings is 1. The highest BCUT2D eigenvalue weighted by Crippen LogP contribution is 2.26. The molecular formula is C17H21N3O3. The van der Waals surface area contributed by atoms with E-state index in [0.717, 1.165) is 18.4 Å². The van der Waals surface area contributed by atoms with Crippen molar-refractivity contribution in [3.63, 3.8) is 0 Å². The van der Waals surface area contributed by atoms with Gasteiger partial charge in [0.2, 0.25) is 5.91 Å². The second kappa shape index (κ2) is 6.81. The molecule has 23 heavy (non-hydrogen) atoms. The minimum absolute atomic E-state index is 0.0261. The lowest BCUT2D eigenvalue weighted by Gasteiger charge is -2.34. The highest BCUT2D eigenvalue weighted by molar-refractivity contribution is 6.02. The van der Waals surface area contributed by atoms with Crippen molar-refractivity contribution in [1.82, 2.24) is 10.2 Å². The van der Waals surface area contributed by atoms with Crippen LogP contribution in [0.1, 0.15) is 44.2 Å². The van der Waals surface area contributed by atoms with Gasteiger partial charge < -0.3 is 15.1 Å². The first-order chi connectivity index (χ1) is 11.1. The van der Waals surface area contributed by atoms with E-state index in [4.69, 9.17) is 4.84 Å². The maximum atomic E-state index is 12.8. The van der Waals surface area contributed by atoms with Gasteiger partial charge in [0.05, 0.1) is 0 Å². The first-order valence-electron chi connectivity index (χ1n) is 8.03. The zero-order valence-electron chi connectivity index (χ0n) is 13.2. The fourth-order valence-corrected chi connectivity index (χ4v) is 2.99. The SMILES string of the molecule is C[C@@H]1CC(NC(=O)[C@@H](c2ccccc2)N2CCCCC2=O)=NO1. The summed E-state index contributed by atoms with van der Waals surface area (Å²) in [5.41, 5.74) is 0.813. The summed E-state index contributed by atoms with van der Waals surface area (Å²) in [6, 6.07) is 8.78. The Morgan fingerprint density at radius 2 is 2.13 bits per heavy atom. The molecule has 2 heterocycles. The molecule has 0 spiro atoms. The molecule has 122 valence electrons. The van der Waals surface area contributed by atoms with Crippen molar-refractivity contribution >= 4 is 17.6 Å². The van der Waals surface area contributed by atoms with Crippen molar-refractivity contribution < 1.29 is 14.4 Å². The minimum Gasteiger partial charge on any atom is -0.391 e. The molecule has 0 bridgehead atoms. The molecule has 0 aliphatic carbocycles. The molecule has 6 nitrogen and oxygen atoms in total. The van der Waals surface area contributed by atoms with Crippen LogP contribution in [-0.2, 0) is 14.4 Å². The number of carbonyl (C=O) groups is 2. The van der Waals surface area contributed by atoms with Crippen molar-refractivity contribution in [2.24, 2.45) is 5.16 Å². The van der Waals surface area contributed by atoms with Gasteiger partial charge >= 0.3 is 0 Å². The Morgan fingerprint density at radius 1 is 1.35 bits per heavy atom. The maximum absolute atomic E-state index is 12.8. The molecule has 2 atom stereocenters. The standard InChI is InChI=1S/C17H21N3O3/c1-12-11-14(19-23-12)18-17(22)16(13-7-3-2-4-8-13)20-10-6-5-9-15(20)21/h2-4,7-8,12,16H,5-6,9-11H2,1H3,(H,18,19,22)/t12-,16-/m1/s1. The van der Waals surface area contributed by atoms with Crippen LogP contribution in [0.2, 0.25) is 0 Å². The van der Waals surface area contributed by atoms with Crippen molar-refractivity contribution in [2.45, 2.75) is 44.8 Å². The first-order valence-corrected chi connectivity index (χ1v) is 8.03. The van der Waals surface area contributed by atoms with Crippen molar-refractivity contribution in [3.05, 3.63) is 35.9 Å². The van der Waals surface area contributed by atoms with Gasteiger partial charge in [0.25, 0.3) is 5.91 Å². The number of rotatable bonds is 3.